The minimum Gasteiger partial charge on any atom is -0.462 e. The molecule has 6 nitrogen and oxygen atoms in total. The lowest BCUT2D eigenvalue weighted by molar-refractivity contribution is -0.167. The van der Waals surface area contributed by atoms with Gasteiger partial charge in [-0.05, 0) is 31.1 Å². The third-order valence-corrected chi connectivity index (χ3v) is 14.6. The highest BCUT2D eigenvalue weighted by molar-refractivity contribution is 5.71. The average molecular weight is 962 g/mol. The summed E-state index contributed by atoms with van der Waals surface area (Å²) in [5.74, 6) is 0.900. The van der Waals surface area contributed by atoms with Crippen molar-refractivity contribution in [1.82, 2.24) is 0 Å². The molecule has 0 aromatic rings. The van der Waals surface area contributed by atoms with E-state index in [1.165, 1.54) is 238 Å². The van der Waals surface area contributed by atoms with Gasteiger partial charge in [0.1, 0.15) is 13.2 Å². The van der Waals surface area contributed by atoms with Gasteiger partial charge in [0, 0.05) is 19.3 Å². The van der Waals surface area contributed by atoms with Crippen molar-refractivity contribution in [3.63, 3.8) is 0 Å². The minimum atomic E-state index is -0.763. The molecule has 0 heterocycles. The number of esters is 3. The van der Waals surface area contributed by atoms with Crippen LogP contribution < -0.4 is 0 Å². The smallest absolute Gasteiger partial charge is 0.306 e. The fourth-order valence-corrected chi connectivity index (χ4v) is 9.55. The summed E-state index contributed by atoms with van der Waals surface area (Å²) in [6, 6.07) is 0. The highest BCUT2D eigenvalue weighted by atomic mass is 16.6. The second-order valence-corrected chi connectivity index (χ2v) is 22.1. The number of hydrogen-bond acceptors (Lipinski definition) is 6. The summed E-state index contributed by atoms with van der Waals surface area (Å²) >= 11 is 0. The minimum absolute atomic E-state index is 0.0621. The lowest BCUT2D eigenvalue weighted by Crippen LogP contribution is -2.30. The first-order chi connectivity index (χ1) is 33.3. The first kappa shape index (κ1) is 66.4. The molecule has 0 saturated heterocycles. The van der Waals surface area contributed by atoms with Crippen LogP contribution in [-0.2, 0) is 28.6 Å². The normalized spacial score (nSPS) is 12.4. The van der Waals surface area contributed by atoms with Gasteiger partial charge in [0.25, 0.3) is 0 Å². The van der Waals surface area contributed by atoms with Crippen LogP contribution in [0.2, 0.25) is 0 Å². The Hall–Kier alpha value is -1.59. The van der Waals surface area contributed by atoms with Gasteiger partial charge < -0.3 is 14.2 Å². The van der Waals surface area contributed by atoms with Gasteiger partial charge >= 0.3 is 17.9 Å². The molecule has 0 fully saturated rings. The van der Waals surface area contributed by atoms with Crippen molar-refractivity contribution in [3.05, 3.63) is 0 Å². The second-order valence-electron chi connectivity index (χ2n) is 22.1. The van der Waals surface area contributed by atoms with Crippen LogP contribution in [0.4, 0.5) is 0 Å². The molecule has 0 radical (unpaired) electrons. The number of carbonyl (C=O) groups is 3. The van der Waals surface area contributed by atoms with Crippen LogP contribution in [-0.4, -0.2) is 37.2 Å². The van der Waals surface area contributed by atoms with Crippen molar-refractivity contribution >= 4 is 17.9 Å². The fourth-order valence-electron chi connectivity index (χ4n) is 9.55. The number of rotatable bonds is 56. The van der Waals surface area contributed by atoms with Crippen LogP contribution in [0, 0.1) is 11.8 Å². The molecule has 2 atom stereocenters. The summed E-state index contributed by atoms with van der Waals surface area (Å²) in [6.07, 6.45) is 59.4. The predicted octanol–water partition coefficient (Wildman–Crippen LogP) is 20.4. The highest BCUT2D eigenvalue weighted by Crippen LogP contribution is 2.19. The van der Waals surface area contributed by atoms with Crippen molar-refractivity contribution in [2.75, 3.05) is 13.2 Å². The van der Waals surface area contributed by atoms with Gasteiger partial charge in [0.15, 0.2) is 6.10 Å². The van der Waals surface area contributed by atoms with Crippen LogP contribution in [0.15, 0.2) is 0 Å². The number of unbranched alkanes of at least 4 members (excludes halogenated alkanes) is 40. The molecule has 0 aromatic carbocycles. The standard InChI is InChI=1S/C62H120O6/c1-6-8-9-10-11-12-13-14-15-16-22-27-32-37-42-47-52-60(63)66-55-59(56-67-61(64)53-48-43-38-33-28-24-19-20-25-30-35-40-45-50-57(3)4)68-62(65)54-49-44-39-34-29-23-18-17-21-26-31-36-41-46-51-58(5)7-2/h57-59H,6-56H2,1-5H3/t58?,59-/m0/s1. The Balaban J connectivity index is 4.30. The van der Waals surface area contributed by atoms with Gasteiger partial charge in [-0.2, -0.15) is 0 Å². The maximum absolute atomic E-state index is 12.9. The van der Waals surface area contributed by atoms with E-state index in [0.717, 1.165) is 69.6 Å². The molecule has 0 aromatic heterocycles. The van der Waals surface area contributed by atoms with E-state index in [-0.39, 0.29) is 31.1 Å². The molecule has 0 rings (SSSR count). The Labute approximate surface area is 425 Å². The van der Waals surface area contributed by atoms with Crippen LogP contribution in [0.25, 0.3) is 0 Å². The van der Waals surface area contributed by atoms with E-state index in [1.54, 1.807) is 0 Å². The molecule has 0 saturated carbocycles. The van der Waals surface area contributed by atoms with Crippen LogP contribution >= 0.6 is 0 Å². The van der Waals surface area contributed by atoms with Gasteiger partial charge in [-0.1, -0.05) is 311 Å². The van der Waals surface area contributed by atoms with Gasteiger partial charge in [-0.15, -0.1) is 0 Å². The molecule has 0 amide bonds. The molecule has 0 spiro atoms. The predicted molar refractivity (Wildman–Crippen MR) is 293 cm³/mol. The molecule has 1 unspecified atom stereocenters. The zero-order valence-corrected chi connectivity index (χ0v) is 46.7. The first-order valence-corrected chi connectivity index (χ1v) is 30.8. The molecule has 6 heteroatoms. The Kier molecular flexibility index (Phi) is 53.5. The molecular formula is C62H120O6. The quantitative estimate of drug-likeness (QED) is 0.0343. The van der Waals surface area contributed by atoms with E-state index in [2.05, 4.69) is 34.6 Å². The second kappa shape index (κ2) is 54.7. The molecule has 0 aliphatic heterocycles. The van der Waals surface area contributed by atoms with Gasteiger partial charge in [0.05, 0.1) is 0 Å². The Bertz CT molecular complexity index is 1040. The number of hydrogen-bond donors (Lipinski definition) is 0. The topological polar surface area (TPSA) is 78.9 Å². The Morgan fingerprint density at radius 3 is 0.838 bits per heavy atom. The van der Waals surface area contributed by atoms with E-state index in [9.17, 15) is 14.4 Å². The average Bonchev–Trinajstić information content (AvgIpc) is 3.32. The maximum Gasteiger partial charge on any atom is 0.306 e. The fraction of sp³-hybridized carbons (Fsp3) is 0.952. The van der Waals surface area contributed by atoms with E-state index in [1.807, 2.05) is 0 Å². The van der Waals surface area contributed by atoms with Crippen LogP contribution in [0.5, 0.6) is 0 Å². The van der Waals surface area contributed by atoms with E-state index in [0.29, 0.717) is 19.3 Å². The van der Waals surface area contributed by atoms with Crippen molar-refractivity contribution in [1.29, 1.82) is 0 Å². The molecular weight excluding hydrogens is 841 g/mol. The highest BCUT2D eigenvalue weighted by Gasteiger charge is 2.19. The molecule has 404 valence electrons. The number of ether oxygens (including phenoxy) is 3. The summed E-state index contributed by atoms with van der Waals surface area (Å²) in [7, 11) is 0. The van der Waals surface area contributed by atoms with Gasteiger partial charge in [-0.25, -0.2) is 0 Å². The summed E-state index contributed by atoms with van der Waals surface area (Å²) < 4.78 is 16.9. The largest absolute Gasteiger partial charge is 0.462 e. The van der Waals surface area contributed by atoms with Crippen molar-refractivity contribution < 1.29 is 28.6 Å². The molecule has 0 aliphatic carbocycles. The summed E-state index contributed by atoms with van der Waals surface area (Å²) in [4.78, 5) is 38.2. The van der Waals surface area contributed by atoms with Crippen molar-refractivity contribution in [2.24, 2.45) is 11.8 Å². The first-order valence-electron chi connectivity index (χ1n) is 30.8. The Morgan fingerprint density at radius 1 is 0.309 bits per heavy atom. The van der Waals surface area contributed by atoms with E-state index < -0.39 is 6.10 Å². The van der Waals surface area contributed by atoms with Crippen molar-refractivity contribution in [3.8, 4) is 0 Å². The zero-order valence-electron chi connectivity index (χ0n) is 46.7. The third-order valence-electron chi connectivity index (χ3n) is 14.6. The third kappa shape index (κ3) is 53.8. The van der Waals surface area contributed by atoms with Crippen LogP contribution in [0.3, 0.4) is 0 Å². The Morgan fingerprint density at radius 2 is 0.559 bits per heavy atom. The summed E-state index contributed by atoms with van der Waals surface area (Å²) in [5, 5.41) is 0. The zero-order chi connectivity index (χ0) is 49.6. The van der Waals surface area contributed by atoms with Crippen molar-refractivity contribution in [2.45, 2.75) is 355 Å². The number of carbonyl (C=O) groups excluding carboxylic acids is 3. The SMILES string of the molecule is CCCCCCCCCCCCCCCCCCC(=O)OC[C@@H](COC(=O)CCCCCCCCCCCCCCCC(C)C)OC(=O)CCCCCCCCCCCCCCCCC(C)CC. The molecule has 68 heavy (non-hydrogen) atoms. The molecule has 0 aliphatic rings. The molecule has 0 N–H and O–H groups in total. The van der Waals surface area contributed by atoms with Crippen LogP contribution in [0.1, 0.15) is 349 Å². The maximum atomic E-state index is 12.9. The lowest BCUT2D eigenvalue weighted by Gasteiger charge is -2.18. The monoisotopic (exact) mass is 961 g/mol. The summed E-state index contributed by atoms with van der Waals surface area (Å²) in [6.45, 7) is 11.5. The van der Waals surface area contributed by atoms with E-state index >= 15 is 0 Å². The van der Waals surface area contributed by atoms with Gasteiger partial charge in [0.2, 0.25) is 0 Å². The summed E-state index contributed by atoms with van der Waals surface area (Å²) in [5.41, 5.74) is 0. The lowest BCUT2D eigenvalue weighted by atomic mass is 9.99. The van der Waals surface area contributed by atoms with Gasteiger partial charge in [-0.3, -0.25) is 14.4 Å². The van der Waals surface area contributed by atoms with E-state index in [4.69, 9.17) is 14.2 Å². The molecule has 0 bridgehead atoms.